The van der Waals surface area contributed by atoms with Crippen molar-refractivity contribution in [1.29, 1.82) is 5.26 Å². The molecule has 1 heterocycles. The molecule has 0 bridgehead atoms. The van der Waals surface area contributed by atoms with Gasteiger partial charge in [0.05, 0.1) is 16.9 Å². The Morgan fingerprint density at radius 1 is 1.23 bits per heavy atom. The van der Waals surface area contributed by atoms with Crippen LogP contribution in [0.3, 0.4) is 0 Å². The number of nitrogen functional groups attached to an aromatic ring is 1. The molecule has 0 aliphatic rings. The molecule has 3 N–H and O–H groups in total. The fourth-order valence-corrected chi connectivity index (χ4v) is 2.96. The molecular weight excluding hydrogens is 411 g/mol. The van der Waals surface area contributed by atoms with Crippen LogP contribution in [0.5, 0.6) is 5.75 Å². The number of nitrogens with zero attached hydrogens (tertiary/aromatic N) is 3. The minimum absolute atomic E-state index is 0.00894. The normalized spacial score (nSPS) is 10.7. The highest BCUT2D eigenvalue weighted by Crippen LogP contribution is 2.22. The molecule has 0 radical (unpaired) electrons. The maximum Gasteiger partial charge on any atom is 0.387 e. The second-order valence-electron chi connectivity index (χ2n) is 6.44. The van der Waals surface area contributed by atoms with Gasteiger partial charge in [-0.1, -0.05) is 12.1 Å². The van der Waals surface area contributed by atoms with Crippen molar-refractivity contribution < 1.29 is 22.7 Å². The van der Waals surface area contributed by atoms with E-state index in [-0.39, 0.29) is 29.2 Å². The van der Waals surface area contributed by atoms with Crippen molar-refractivity contribution in [2.24, 2.45) is 0 Å². The van der Waals surface area contributed by atoms with Crippen LogP contribution >= 0.6 is 0 Å². The molecule has 10 heteroatoms. The molecule has 1 amide bonds. The van der Waals surface area contributed by atoms with Crippen LogP contribution < -0.4 is 15.8 Å². The van der Waals surface area contributed by atoms with E-state index in [9.17, 15) is 23.2 Å². The largest absolute Gasteiger partial charge is 0.434 e. The van der Waals surface area contributed by atoms with E-state index in [1.165, 1.54) is 53.2 Å². The second kappa shape index (κ2) is 9.67. The smallest absolute Gasteiger partial charge is 0.387 e. The number of benzene rings is 2. The maximum absolute atomic E-state index is 13.1. The van der Waals surface area contributed by atoms with Gasteiger partial charge >= 0.3 is 6.61 Å². The average Bonchev–Trinajstić information content (AvgIpc) is 3.06. The first-order chi connectivity index (χ1) is 14.9. The van der Waals surface area contributed by atoms with Crippen LogP contribution in [-0.2, 0) is 6.42 Å². The molecule has 3 aromatic rings. The summed E-state index contributed by atoms with van der Waals surface area (Å²) >= 11 is 0. The van der Waals surface area contributed by atoms with Gasteiger partial charge in [0.15, 0.2) is 0 Å². The zero-order chi connectivity index (χ0) is 22.4. The standard InChI is InChI=1S/C21H18F3N5O2/c22-13-7-9-14(10-8-13)29-19(26)16(12-25)17(28-29)5-3-11-27-20(30)15-4-1-2-6-18(15)31-21(23)24/h1-2,4,6-10,21H,3,5,11,26H2,(H,27,30). The number of anilines is 1. The highest BCUT2D eigenvalue weighted by Gasteiger charge is 2.17. The molecule has 0 fully saturated rings. The SMILES string of the molecule is N#Cc1c(CCCNC(=O)c2ccccc2OC(F)F)nn(-c2ccc(F)cc2)c1N. The molecule has 0 aliphatic heterocycles. The molecule has 0 spiro atoms. The Kier molecular flexibility index (Phi) is 6.77. The molecule has 31 heavy (non-hydrogen) atoms. The summed E-state index contributed by atoms with van der Waals surface area (Å²) in [5.74, 6) is -1.06. The molecule has 2 aromatic carbocycles. The molecular formula is C21H18F3N5O2. The molecule has 0 unspecified atom stereocenters. The third-order valence-electron chi connectivity index (χ3n) is 4.40. The van der Waals surface area contributed by atoms with E-state index < -0.39 is 18.3 Å². The van der Waals surface area contributed by atoms with Crippen molar-refractivity contribution in [3.63, 3.8) is 0 Å². The summed E-state index contributed by atoms with van der Waals surface area (Å²) in [6.45, 7) is -2.84. The lowest BCUT2D eigenvalue weighted by atomic mass is 10.1. The van der Waals surface area contributed by atoms with E-state index in [0.717, 1.165) is 0 Å². The van der Waals surface area contributed by atoms with Crippen LogP contribution in [0.15, 0.2) is 48.5 Å². The number of carbonyl (C=O) groups excluding carboxylic acids is 1. The van der Waals surface area contributed by atoms with E-state index >= 15 is 0 Å². The summed E-state index contributed by atoms with van der Waals surface area (Å²) in [6, 6.07) is 13.2. The first kappa shape index (κ1) is 21.7. The van der Waals surface area contributed by atoms with Gasteiger partial charge in [-0.2, -0.15) is 19.1 Å². The summed E-state index contributed by atoms with van der Waals surface area (Å²) < 4.78 is 43.8. The monoisotopic (exact) mass is 429 g/mol. The van der Waals surface area contributed by atoms with Gasteiger partial charge in [0.2, 0.25) is 0 Å². The Balaban J connectivity index is 1.64. The predicted molar refractivity (Wildman–Crippen MR) is 106 cm³/mol. The van der Waals surface area contributed by atoms with E-state index in [1.54, 1.807) is 0 Å². The van der Waals surface area contributed by atoms with Crippen LogP contribution in [0.25, 0.3) is 5.69 Å². The number of nitriles is 1. The van der Waals surface area contributed by atoms with Crippen molar-refractivity contribution in [3.8, 4) is 17.5 Å². The highest BCUT2D eigenvalue weighted by molar-refractivity contribution is 5.96. The third kappa shape index (κ3) is 5.14. The number of alkyl halides is 2. The van der Waals surface area contributed by atoms with Crippen LogP contribution in [-0.4, -0.2) is 28.8 Å². The number of nitrogens with one attached hydrogen (secondary N) is 1. The van der Waals surface area contributed by atoms with E-state index in [1.807, 2.05) is 6.07 Å². The summed E-state index contributed by atoms with van der Waals surface area (Å²) in [6.07, 6.45) is 0.745. The molecule has 0 saturated carbocycles. The Morgan fingerprint density at radius 3 is 2.61 bits per heavy atom. The predicted octanol–water partition coefficient (Wildman–Crippen LogP) is 3.43. The van der Waals surface area contributed by atoms with Gasteiger partial charge in [0.1, 0.15) is 29.0 Å². The van der Waals surface area contributed by atoms with Crippen molar-refractivity contribution in [2.75, 3.05) is 12.3 Å². The lowest BCUT2D eigenvalue weighted by Gasteiger charge is -2.10. The number of hydrogen-bond donors (Lipinski definition) is 2. The molecule has 1 aromatic heterocycles. The minimum Gasteiger partial charge on any atom is -0.434 e. The number of aromatic nitrogens is 2. The first-order valence-corrected chi connectivity index (χ1v) is 9.26. The third-order valence-corrected chi connectivity index (χ3v) is 4.40. The number of nitrogens with two attached hydrogens (primary N) is 1. The zero-order valence-corrected chi connectivity index (χ0v) is 16.2. The summed E-state index contributed by atoms with van der Waals surface area (Å²) in [5.41, 5.74) is 7.14. The minimum atomic E-state index is -3.04. The van der Waals surface area contributed by atoms with Crippen LogP contribution in [0.4, 0.5) is 19.0 Å². The lowest BCUT2D eigenvalue weighted by molar-refractivity contribution is -0.0501. The van der Waals surface area contributed by atoms with E-state index in [0.29, 0.717) is 24.2 Å². The summed E-state index contributed by atoms with van der Waals surface area (Å²) in [5, 5.41) is 16.4. The molecule has 0 atom stereocenters. The Morgan fingerprint density at radius 2 is 1.94 bits per heavy atom. The molecule has 0 aliphatic carbocycles. The molecule has 3 rings (SSSR count). The second-order valence-corrected chi connectivity index (χ2v) is 6.44. The van der Waals surface area contributed by atoms with E-state index in [4.69, 9.17) is 5.73 Å². The lowest BCUT2D eigenvalue weighted by Crippen LogP contribution is -2.25. The zero-order valence-electron chi connectivity index (χ0n) is 16.2. The van der Waals surface area contributed by atoms with Gasteiger partial charge in [-0.05, 0) is 49.2 Å². The van der Waals surface area contributed by atoms with Crippen molar-refractivity contribution in [3.05, 3.63) is 71.2 Å². The van der Waals surface area contributed by atoms with Crippen LogP contribution in [0, 0.1) is 17.1 Å². The number of amides is 1. The van der Waals surface area contributed by atoms with Crippen LogP contribution in [0.1, 0.15) is 28.0 Å². The topological polar surface area (TPSA) is 106 Å². The number of aryl methyl sites for hydroxylation is 1. The number of hydrogen-bond acceptors (Lipinski definition) is 5. The fraction of sp³-hybridized carbons (Fsp3) is 0.190. The molecule has 7 nitrogen and oxygen atoms in total. The van der Waals surface area contributed by atoms with Crippen molar-refractivity contribution in [1.82, 2.24) is 15.1 Å². The number of carbonyl (C=O) groups is 1. The van der Waals surface area contributed by atoms with Crippen molar-refractivity contribution in [2.45, 2.75) is 19.5 Å². The van der Waals surface area contributed by atoms with Gasteiger partial charge in [0, 0.05) is 6.54 Å². The maximum atomic E-state index is 13.1. The van der Waals surface area contributed by atoms with Gasteiger partial charge in [0.25, 0.3) is 5.91 Å². The fourth-order valence-electron chi connectivity index (χ4n) is 2.96. The van der Waals surface area contributed by atoms with Gasteiger partial charge in [-0.25, -0.2) is 9.07 Å². The highest BCUT2D eigenvalue weighted by atomic mass is 19.3. The Bertz CT molecular complexity index is 1110. The molecule has 160 valence electrons. The van der Waals surface area contributed by atoms with E-state index in [2.05, 4.69) is 15.2 Å². The number of ether oxygens (including phenoxy) is 1. The first-order valence-electron chi connectivity index (χ1n) is 9.26. The number of rotatable bonds is 8. The summed E-state index contributed by atoms with van der Waals surface area (Å²) in [4.78, 5) is 12.3. The number of para-hydroxylation sites is 1. The van der Waals surface area contributed by atoms with Gasteiger partial charge in [-0.15, -0.1) is 0 Å². The molecule has 0 saturated heterocycles. The summed E-state index contributed by atoms with van der Waals surface area (Å²) in [7, 11) is 0. The van der Waals surface area contributed by atoms with Gasteiger partial charge < -0.3 is 15.8 Å². The Hall–Kier alpha value is -4.00. The van der Waals surface area contributed by atoms with Gasteiger partial charge in [-0.3, -0.25) is 4.79 Å². The average molecular weight is 429 g/mol. The van der Waals surface area contributed by atoms with Crippen molar-refractivity contribution >= 4 is 11.7 Å². The quantitative estimate of drug-likeness (QED) is 0.534. The number of halogens is 3. The van der Waals surface area contributed by atoms with Crippen LogP contribution in [0.2, 0.25) is 0 Å². The Labute approximate surface area is 175 Å².